The maximum absolute atomic E-state index is 5.85. The van der Waals surface area contributed by atoms with Gasteiger partial charge in [-0.15, -0.1) is 0 Å². The van der Waals surface area contributed by atoms with E-state index in [0.29, 0.717) is 6.61 Å². The summed E-state index contributed by atoms with van der Waals surface area (Å²) in [5, 5.41) is 3.51. The molecule has 0 unspecified atom stereocenters. The summed E-state index contributed by atoms with van der Waals surface area (Å²) in [6.07, 6.45) is 1.17. The standard InChI is InChI=1S/C18H33N3O/c1-6-21(7-2)17-11-10-16(14-18(17)22-8-3)15-19-12-9-13-20(4)5/h10-11,14,19H,6-9,12-13,15H2,1-5H3. The van der Waals surface area contributed by atoms with Crippen LogP contribution in [0, 0.1) is 0 Å². The lowest BCUT2D eigenvalue weighted by Gasteiger charge is -2.24. The van der Waals surface area contributed by atoms with E-state index in [1.165, 1.54) is 17.7 Å². The van der Waals surface area contributed by atoms with Crippen LogP contribution in [0.1, 0.15) is 32.8 Å². The van der Waals surface area contributed by atoms with E-state index in [9.17, 15) is 0 Å². The zero-order valence-electron chi connectivity index (χ0n) is 15.0. The second-order valence-electron chi connectivity index (χ2n) is 5.74. The molecule has 1 rings (SSSR count). The van der Waals surface area contributed by atoms with Gasteiger partial charge in [-0.2, -0.15) is 0 Å². The fourth-order valence-corrected chi connectivity index (χ4v) is 2.52. The number of rotatable bonds is 11. The minimum absolute atomic E-state index is 0.702. The van der Waals surface area contributed by atoms with Crippen molar-refractivity contribution in [2.45, 2.75) is 33.7 Å². The third-order valence-electron chi connectivity index (χ3n) is 3.72. The zero-order chi connectivity index (χ0) is 16.4. The first kappa shape index (κ1) is 18.8. The topological polar surface area (TPSA) is 27.7 Å². The molecule has 0 aliphatic rings. The molecule has 1 N–H and O–H groups in total. The maximum atomic E-state index is 5.85. The molecule has 0 aliphatic heterocycles. The van der Waals surface area contributed by atoms with Crippen molar-refractivity contribution in [3.8, 4) is 5.75 Å². The second-order valence-corrected chi connectivity index (χ2v) is 5.74. The Bertz CT molecular complexity index is 417. The maximum Gasteiger partial charge on any atom is 0.142 e. The molecule has 22 heavy (non-hydrogen) atoms. The number of anilines is 1. The third-order valence-corrected chi connectivity index (χ3v) is 3.72. The lowest BCUT2D eigenvalue weighted by atomic mass is 10.1. The smallest absolute Gasteiger partial charge is 0.142 e. The molecule has 0 radical (unpaired) electrons. The van der Waals surface area contributed by atoms with Crippen molar-refractivity contribution < 1.29 is 4.74 Å². The molecule has 0 bridgehead atoms. The summed E-state index contributed by atoms with van der Waals surface area (Å²) in [5.74, 6) is 0.999. The predicted octanol–water partition coefficient (Wildman–Crippen LogP) is 2.97. The van der Waals surface area contributed by atoms with E-state index >= 15 is 0 Å². The van der Waals surface area contributed by atoms with Crippen LogP contribution in [0.5, 0.6) is 5.75 Å². The van der Waals surface area contributed by atoms with Crippen molar-refractivity contribution in [2.75, 3.05) is 51.8 Å². The Morgan fingerprint density at radius 3 is 2.41 bits per heavy atom. The van der Waals surface area contributed by atoms with Crippen molar-refractivity contribution in [1.29, 1.82) is 0 Å². The third kappa shape index (κ3) is 6.24. The summed E-state index contributed by atoms with van der Waals surface area (Å²) in [7, 11) is 4.22. The van der Waals surface area contributed by atoms with E-state index in [-0.39, 0.29) is 0 Å². The van der Waals surface area contributed by atoms with Gasteiger partial charge in [-0.1, -0.05) is 6.07 Å². The highest BCUT2D eigenvalue weighted by atomic mass is 16.5. The van der Waals surface area contributed by atoms with Crippen LogP contribution in [-0.4, -0.2) is 51.8 Å². The molecule has 4 nitrogen and oxygen atoms in total. The van der Waals surface area contributed by atoms with Crippen LogP contribution in [0.4, 0.5) is 5.69 Å². The summed E-state index contributed by atoms with van der Waals surface area (Å²) in [6.45, 7) is 12.2. The van der Waals surface area contributed by atoms with Gasteiger partial charge < -0.3 is 19.9 Å². The van der Waals surface area contributed by atoms with Crippen molar-refractivity contribution in [2.24, 2.45) is 0 Å². The van der Waals surface area contributed by atoms with Gasteiger partial charge in [0.2, 0.25) is 0 Å². The van der Waals surface area contributed by atoms with Gasteiger partial charge >= 0.3 is 0 Å². The fourth-order valence-electron chi connectivity index (χ4n) is 2.52. The van der Waals surface area contributed by atoms with E-state index in [2.05, 4.69) is 61.3 Å². The molecule has 0 atom stereocenters. The monoisotopic (exact) mass is 307 g/mol. The minimum Gasteiger partial charge on any atom is -0.492 e. The number of ether oxygens (including phenoxy) is 1. The van der Waals surface area contributed by atoms with Crippen LogP contribution >= 0.6 is 0 Å². The van der Waals surface area contributed by atoms with Crippen molar-refractivity contribution in [3.05, 3.63) is 23.8 Å². The van der Waals surface area contributed by atoms with E-state index in [4.69, 9.17) is 4.74 Å². The van der Waals surface area contributed by atoms with E-state index in [1.54, 1.807) is 0 Å². The number of hydrogen-bond acceptors (Lipinski definition) is 4. The van der Waals surface area contributed by atoms with Crippen molar-refractivity contribution in [1.82, 2.24) is 10.2 Å². The van der Waals surface area contributed by atoms with Crippen LogP contribution in [0.25, 0.3) is 0 Å². The quantitative estimate of drug-likeness (QED) is 0.636. The highest BCUT2D eigenvalue weighted by Gasteiger charge is 2.10. The molecule has 0 amide bonds. The highest BCUT2D eigenvalue weighted by Crippen LogP contribution is 2.29. The summed E-state index contributed by atoms with van der Waals surface area (Å²) in [6, 6.07) is 6.57. The fraction of sp³-hybridized carbons (Fsp3) is 0.667. The van der Waals surface area contributed by atoms with Crippen LogP contribution in [0.2, 0.25) is 0 Å². The molecule has 0 saturated heterocycles. The number of benzene rings is 1. The molecule has 0 aromatic heterocycles. The number of hydrogen-bond donors (Lipinski definition) is 1. The van der Waals surface area contributed by atoms with Gasteiger partial charge in [0.15, 0.2) is 0 Å². The molecule has 0 saturated carbocycles. The van der Waals surface area contributed by atoms with Gasteiger partial charge in [-0.3, -0.25) is 0 Å². The first-order chi connectivity index (χ1) is 10.6. The molecule has 0 spiro atoms. The Morgan fingerprint density at radius 2 is 1.82 bits per heavy atom. The second kappa shape index (κ2) is 10.5. The number of nitrogens with one attached hydrogen (secondary N) is 1. The SMILES string of the molecule is CCOc1cc(CNCCCN(C)C)ccc1N(CC)CC. The molecule has 1 aromatic carbocycles. The molecule has 0 heterocycles. The van der Waals surface area contributed by atoms with Gasteiger partial charge in [-0.05, 0) is 72.1 Å². The van der Waals surface area contributed by atoms with E-state index in [0.717, 1.165) is 38.5 Å². The molecular weight excluding hydrogens is 274 g/mol. The van der Waals surface area contributed by atoms with Crippen LogP contribution < -0.4 is 15.0 Å². The summed E-state index contributed by atoms with van der Waals surface area (Å²) < 4.78 is 5.85. The largest absolute Gasteiger partial charge is 0.492 e. The molecule has 1 aromatic rings. The molecule has 4 heteroatoms. The van der Waals surface area contributed by atoms with Crippen LogP contribution in [0.3, 0.4) is 0 Å². The average Bonchev–Trinajstić information content (AvgIpc) is 2.50. The molecule has 0 aliphatic carbocycles. The van der Waals surface area contributed by atoms with Crippen LogP contribution in [-0.2, 0) is 6.54 Å². The zero-order valence-corrected chi connectivity index (χ0v) is 15.0. The van der Waals surface area contributed by atoms with Gasteiger partial charge in [-0.25, -0.2) is 0 Å². The predicted molar refractivity (Wildman–Crippen MR) is 96.0 cm³/mol. The van der Waals surface area contributed by atoms with Crippen LogP contribution in [0.15, 0.2) is 18.2 Å². The highest BCUT2D eigenvalue weighted by molar-refractivity contribution is 5.59. The first-order valence-electron chi connectivity index (χ1n) is 8.48. The normalized spacial score (nSPS) is 11.0. The summed E-state index contributed by atoms with van der Waals surface area (Å²) >= 11 is 0. The van der Waals surface area contributed by atoms with E-state index in [1.807, 2.05) is 6.92 Å². The summed E-state index contributed by atoms with van der Waals surface area (Å²) in [5.41, 5.74) is 2.48. The summed E-state index contributed by atoms with van der Waals surface area (Å²) in [4.78, 5) is 4.55. The molecular formula is C18H33N3O. The lowest BCUT2D eigenvalue weighted by Crippen LogP contribution is -2.23. The minimum atomic E-state index is 0.702. The van der Waals surface area contributed by atoms with Gasteiger partial charge in [0, 0.05) is 19.6 Å². The van der Waals surface area contributed by atoms with Gasteiger partial charge in [0.05, 0.1) is 12.3 Å². The van der Waals surface area contributed by atoms with Gasteiger partial charge in [0.1, 0.15) is 5.75 Å². The first-order valence-corrected chi connectivity index (χ1v) is 8.48. The Morgan fingerprint density at radius 1 is 1.09 bits per heavy atom. The van der Waals surface area contributed by atoms with Crippen molar-refractivity contribution in [3.63, 3.8) is 0 Å². The Balaban J connectivity index is 2.63. The van der Waals surface area contributed by atoms with Crippen molar-refractivity contribution >= 4 is 5.69 Å². The average molecular weight is 307 g/mol. The Hall–Kier alpha value is -1.26. The number of nitrogens with zero attached hydrogens (tertiary/aromatic N) is 2. The lowest BCUT2D eigenvalue weighted by molar-refractivity contribution is 0.340. The van der Waals surface area contributed by atoms with Gasteiger partial charge in [0.25, 0.3) is 0 Å². The van der Waals surface area contributed by atoms with E-state index < -0.39 is 0 Å². The Labute approximate surface area is 136 Å². The molecule has 0 fully saturated rings. The Kier molecular flexibility index (Phi) is 8.94. The molecule has 126 valence electrons.